The Bertz CT molecular complexity index is 1040. The Hall–Kier alpha value is -3.17. The van der Waals surface area contributed by atoms with Gasteiger partial charge in [0.1, 0.15) is 5.82 Å². The third kappa shape index (κ3) is 3.87. The Morgan fingerprint density at radius 3 is 2.48 bits per heavy atom. The molecule has 10 heteroatoms. The van der Waals surface area contributed by atoms with Gasteiger partial charge in [0.2, 0.25) is 5.82 Å². The van der Waals surface area contributed by atoms with E-state index in [1.165, 1.54) is 12.1 Å². The number of aryl methyl sites for hydroxylation is 1. The van der Waals surface area contributed by atoms with E-state index >= 15 is 0 Å². The van der Waals surface area contributed by atoms with E-state index in [1.807, 2.05) is 0 Å². The van der Waals surface area contributed by atoms with E-state index in [1.54, 1.807) is 17.9 Å². The summed E-state index contributed by atoms with van der Waals surface area (Å²) < 4.78 is 39.6. The molecule has 3 heterocycles. The van der Waals surface area contributed by atoms with Crippen LogP contribution < -0.4 is 10.2 Å². The molecule has 7 nitrogen and oxygen atoms in total. The monoisotopic (exact) mass is 404 g/mol. The van der Waals surface area contributed by atoms with E-state index in [0.717, 1.165) is 43.5 Å². The molecular weight excluding hydrogens is 385 g/mol. The molecular formula is C19H19F3N6O. The first-order valence-electron chi connectivity index (χ1n) is 9.22. The molecule has 1 saturated heterocycles. The Kier molecular flexibility index (Phi) is 4.85. The number of aromatic nitrogens is 4. The van der Waals surface area contributed by atoms with Crippen LogP contribution in [0.15, 0.2) is 30.5 Å². The number of alkyl halides is 3. The van der Waals surface area contributed by atoms with Crippen molar-refractivity contribution in [2.75, 3.05) is 18.0 Å². The molecule has 29 heavy (non-hydrogen) atoms. The van der Waals surface area contributed by atoms with E-state index in [4.69, 9.17) is 0 Å². The number of fused-ring (bicyclic) bond motifs is 1. The van der Waals surface area contributed by atoms with Crippen LogP contribution in [0.2, 0.25) is 0 Å². The van der Waals surface area contributed by atoms with Crippen LogP contribution in [0, 0.1) is 0 Å². The van der Waals surface area contributed by atoms with Gasteiger partial charge < -0.3 is 10.2 Å². The lowest BCUT2D eigenvalue weighted by molar-refractivity contribution is -0.137. The van der Waals surface area contributed by atoms with E-state index in [2.05, 4.69) is 25.3 Å². The number of nitrogens with one attached hydrogen (secondary N) is 1. The molecule has 2 aromatic heterocycles. The molecule has 3 aromatic rings. The number of hydrogen-bond donors (Lipinski definition) is 1. The first kappa shape index (κ1) is 19.2. The van der Waals surface area contributed by atoms with Gasteiger partial charge in [-0.3, -0.25) is 9.48 Å². The normalized spacial score (nSPS) is 14.6. The maximum absolute atomic E-state index is 12.7. The number of rotatable bonds is 4. The van der Waals surface area contributed by atoms with Gasteiger partial charge in [0.05, 0.1) is 17.1 Å². The SMILES string of the molecule is Cn1ncc2c(N3CCCC3)nc(C(=O)NCc3ccc(C(F)(F)F)cc3)nc21. The molecule has 4 rings (SSSR count). The molecule has 0 aliphatic carbocycles. The molecule has 1 aliphatic heterocycles. The van der Waals surface area contributed by atoms with E-state index in [-0.39, 0.29) is 12.4 Å². The number of anilines is 1. The second kappa shape index (κ2) is 7.34. The molecule has 1 fully saturated rings. The first-order chi connectivity index (χ1) is 13.8. The molecule has 0 radical (unpaired) electrons. The van der Waals surface area contributed by atoms with Gasteiger partial charge >= 0.3 is 6.18 Å². The second-order valence-corrected chi connectivity index (χ2v) is 6.95. The molecule has 1 amide bonds. The third-order valence-electron chi connectivity index (χ3n) is 4.91. The van der Waals surface area contributed by atoms with Crippen molar-refractivity contribution in [1.29, 1.82) is 0 Å². The highest BCUT2D eigenvalue weighted by atomic mass is 19.4. The maximum Gasteiger partial charge on any atom is 0.416 e. The minimum Gasteiger partial charge on any atom is -0.356 e. The fraction of sp³-hybridized carbons (Fsp3) is 0.368. The smallest absolute Gasteiger partial charge is 0.356 e. The van der Waals surface area contributed by atoms with Crippen LogP contribution in [0.5, 0.6) is 0 Å². The Morgan fingerprint density at radius 2 is 1.83 bits per heavy atom. The van der Waals surface area contributed by atoms with Crippen LogP contribution in [-0.4, -0.2) is 38.7 Å². The van der Waals surface area contributed by atoms with Gasteiger partial charge in [0.15, 0.2) is 5.65 Å². The highest BCUT2D eigenvalue weighted by molar-refractivity contribution is 5.95. The van der Waals surface area contributed by atoms with Crippen LogP contribution in [0.1, 0.15) is 34.6 Å². The molecule has 0 saturated carbocycles. The highest BCUT2D eigenvalue weighted by Crippen LogP contribution is 2.29. The summed E-state index contributed by atoms with van der Waals surface area (Å²) in [6.45, 7) is 1.78. The third-order valence-corrected chi connectivity index (χ3v) is 4.91. The average Bonchev–Trinajstić information content (AvgIpc) is 3.35. The van der Waals surface area contributed by atoms with Crippen molar-refractivity contribution in [3.05, 3.63) is 47.4 Å². The minimum atomic E-state index is -4.39. The zero-order chi connectivity index (χ0) is 20.6. The molecule has 0 unspecified atom stereocenters. The predicted molar refractivity (Wildman–Crippen MR) is 100 cm³/mol. The Morgan fingerprint density at radius 1 is 1.14 bits per heavy atom. The van der Waals surface area contributed by atoms with Gasteiger partial charge in [-0.1, -0.05) is 12.1 Å². The van der Waals surface area contributed by atoms with Crippen molar-refractivity contribution in [3.63, 3.8) is 0 Å². The summed E-state index contributed by atoms with van der Waals surface area (Å²) in [6.07, 6.45) is -0.588. The number of benzene rings is 1. The number of carbonyl (C=O) groups is 1. The first-order valence-corrected chi connectivity index (χ1v) is 9.22. The summed E-state index contributed by atoms with van der Waals surface area (Å²) in [5, 5.41) is 7.67. The quantitative estimate of drug-likeness (QED) is 0.724. The fourth-order valence-electron chi connectivity index (χ4n) is 3.35. The molecule has 1 aromatic carbocycles. The summed E-state index contributed by atoms with van der Waals surface area (Å²) >= 11 is 0. The highest BCUT2D eigenvalue weighted by Gasteiger charge is 2.30. The van der Waals surface area contributed by atoms with E-state index in [9.17, 15) is 18.0 Å². The number of amides is 1. The van der Waals surface area contributed by atoms with Crippen molar-refractivity contribution in [2.24, 2.45) is 7.05 Å². The van der Waals surface area contributed by atoms with Crippen molar-refractivity contribution >= 4 is 22.8 Å². The zero-order valence-electron chi connectivity index (χ0n) is 15.7. The average molecular weight is 404 g/mol. The molecule has 0 atom stereocenters. The van der Waals surface area contributed by atoms with Gasteiger partial charge in [0.25, 0.3) is 5.91 Å². The topological polar surface area (TPSA) is 75.9 Å². The number of nitrogens with zero attached hydrogens (tertiary/aromatic N) is 5. The van der Waals surface area contributed by atoms with Crippen molar-refractivity contribution < 1.29 is 18.0 Å². The second-order valence-electron chi connectivity index (χ2n) is 6.95. The summed E-state index contributed by atoms with van der Waals surface area (Å²) in [6, 6.07) is 4.66. The molecule has 152 valence electrons. The minimum absolute atomic E-state index is 0.00918. The molecule has 0 bridgehead atoms. The van der Waals surface area contributed by atoms with Crippen molar-refractivity contribution in [1.82, 2.24) is 25.1 Å². The Balaban J connectivity index is 1.54. The number of carbonyl (C=O) groups excluding carboxylic acids is 1. The maximum atomic E-state index is 12.7. The summed E-state index contributed by atoms with van der Waals surface area (Å²) in [5.41, 5.74) is 0.377. The number of hydrogen-bond acceptors (Lipinski definition) is 5. The lowest BCUT2D eigenvalue weighted by Gasteiger charge is -2.17. The van der Waals surface area contributed by atoms with E-state index < -0.39 is 17.6 Å². The van der Waals surface area contributed by atoms with Gasteiger partial charge in [-0.05, 0) is 30.5 Å². The van der Waals surface area contributed by atoms with Crippen molar-refractivity contribution in [2.45, 2.75) is 25.6 Å². The lowest BCUT2D eigenvalue weighted by Crippen LogP contribution is -2.27. The molecule has 1 aliphatic rings. The van der Waals surface area contributed by atoms with Crippen LogP contribution in [0.4, 0.5) is 19.0 Å². The van der Waals surface area contributed by atoms with Gasteiger partial charge in [0, 0.05) is 26.7 Å². The summed E-state index contributed by atoms with van der Waals surface area (Å²) in [7, 11) is 1.74. The largest absolute Gasteiger partial charge is 0.416 e. The van der Waals surface area contributed by atoms with Crippen molar-refractivity contribution in [3.8, 4) is 0 Å². The summed E-state index contributed by atoms with van der Waals surface area (Å²) in [5.74, 6) is 0.198. The standard InChI is InChI=1S/C19H19F3N6O/c1-27-16-14(11-24-27)17(28-8-2-3-9-28)26-15(25-16)18(29)23-10-12-4-6-13(7-5-12)19(20,21)22/h4-7,11H,2-3,8-10H2,1H3,(H,23,29). The van der Waals surface area contributed by atoms with E-state index in [0.29, 0.717) is 17.0 Å². The predicted octanol–water partition coefficient (Wildman–Crippen LogP) is 2.91. The lowest BCUT2D eigenvalue weighted by atomic mass is 10.1. The Labute approximate surface area is 164 Å². The van der Waals surface area contributed by atoms with Gasteiger partial charge in [-0.15, -0.1) is 0 Å². The molecule has 0 spiro atoms. The van der Waals surface area contributed by atoms with Gasteiger partial charge in [-0.25, -0.2) is 9.97 Å². The van der Waals surface area contributed by atoms with Crippen LogP contribution in [0.3, 0.4) is 0 Å². The van der Waals surface area contributed by atoms with Crippen LogP contribution in [-0.2, 0) is 19.8 Å². The number of halogens is 3. The van der Waals surface area contributed by atoms with Crippen LogP contribution >= 0.6 is 0 Å². The zero-order valence-corrected chi connectivity index (χ0v) is 15.7. The fourth-order valence-corrected chi connectivity index (χ4v) is 3.35. The van der Waals surface area contributed by atoms with Crippen LogP contribution in [0.25, 0.3) is 11.0 Å². The summed E-state index contributed by atoms with van der Waals surface area (Å²) in [4.78, 5) is 23.5. The molecule has 1 N–H and O–H groups in total. The van der Waals surface area contributed by atoms with Gasteiger partial charge in [-0.2, -0.15) is 18.3 Å².